The molecule has 0 spiro atoms. The van der Waals surface area contributed by atoms with Gasteiger partial charge in [0.15, 0.2) is 0 Å². The van der Waals surface area contributed by atoms with Crippen molar-refractivity contribution in [3.8, 4) is 0 Å². The molecule has 0 aliphatic carbocycles. The molecule has 0 saturated heterocycles. The highest BCUT2D eigenvalue weighted by Gasteiger charge is 2.27. The quantitative estimate of drug-likeness (QED) is 0.847. The van der Waals surface area contributed by atoms with Crippen molar-refractivity contribution in [3.05, 3.63) is 29.4 Å². The van der Waals surface area contributed by atoms with Crippen LogP contribution in [0.4, 0.5) is 0 Å². The van der Waals surface area contributed by atoms with Gasteiger partial charge in [-0.15, -0.1) is 0 Å². The molecule has 7 heteroatoms. The number of aromatic amines is 1. The van der Waals surface area contributed by atoms with Crippen molar-refractivity contribution < 1.29 is 9.26 Å². The molecule has 114 valence electrons. The molecular weight excluding hydrogens is 270 g/mol. The van der Waals surface area contributed by atoms with Crippen LogP contribution in [-0.4, -0.2) is 26.7 Å². The van der Waals surface area contributed by atoms with Crippen molar-refractivity contribution in [2.24, 2.45) is 0 Å². The van der Waals surface area contributed by atoms with Crippen LogP contribution in [0, 0.1) is 0 Å². The van der Waals surface area contributed by atoms with Crippen LogP contribution in [0.3, 0.4) is 0 Å². The Hall–Kier alpha value is -1.73. The minimum absolute atomic E-state index is 0.0194. The van der Waals surface area contributed by atoms with E-state index in [2.05, 4.69) is 32.3 Å². The van der Waals surface area contributed by atoms with Crippen LogP contribution in [0.25, 0.3) is 0 Å². The SMILES string of the molecule is CCCC(OCC)c1noc(C2Cc3nc[nH]c3CN2)n1. The Kier molecular flexibility index (Phi) is 4.31. The summed E-state index contributed by atoms with van der Waals surface area (Å²) in [6, 6.07) is 0.0194. The number of hydrogen-bond donors (Lipinski definition) is 2. The van der Waals surface area contributed by atoms with Crippen molar-refractivity contribution in [1.29, 1.82) is 0 Å². The normalized spacial score (nSPS) is 19.4. The average molecular weight is 291 g/mol. The fourth-order valence-electron chi connectivity index (χ4n) is 2.61. The molecule has 0 saturated carbocycles. The second-order valence-corrected chi connectivity index (χ2v) is 5.19. The molecule has 2 unspecified atom stereocenters. The monoisotopic (exact) mass is 291 g/mol. The van der Waals surface area contributed by atoms with Gasteiger partial charge in [-0.1, -0.05) is 18.5 Å². The summed E-state index contributed by atoms with van der Waals surface area (Å²) in [6.45, 7) is 5.48. The van der Waals surface area contributed by atoms with Crippen LogP contribution in [0.1, 0.15) is 61.9 Å². The maximum absolute atomic E-state index is 5.69. The van der Waals surface area contributed by atoms with Crippen LogP contribution < -0.4 is 5.32 Å². The van der Waals surface area contributed by atoms with E-state index in [0.717, 1.165) is 37.2 Å². The third-order valence-corrected chi connectivity index (χ3v) is 3.69. The number of nitrogens with one attached hydrogen (secondary N) is 2. The minimum atomic E-state index is -0.0814. The van der Waals surface area contributed by atoms with Crippen LogP contribution in [0.5, 0.6) is 0 Å². The van der Waals surface area contributed by atoms with Crippen LogP contribution in [-0.2, 0) is 17.7 Å². The van der Waals surface area contributed by atoms with E-state index in [4.69, 9.17) is 9.26 Å². The predicted octanol–water partition coefficient (Wildman–Crippen LogP) is 2.06. The molecule has 21 heavy (non-hydrogen) atoms. The number of fused-ring (bicyclic) bond motifs is 1. The van der Waals surface area contributed by atoms with Crippen LogP contribution in [0.2, 0.25) is 0 Å². The number of nitrogens with zero attached hydrogens (tertiary/aromatic N) is 3. The third kappa shape index (κ3) is 2.98. The highest BCUT2D eigenvalue weighted by Crippen LogP contribution is 2.25. The van der Waals surface area contributed by atoms with Crippen molar-refractivity contribution in [1.82, 2.24) is 25.4 Å². The molecule has 2 aromatic heterocycles. The molecule has 2 atom stereocenters. The molecule has 0 fully saturated rings. The van der Waals surface area contributed by atoms with E-state index in [1.807, 2.05) is 6.92 Å². The summed E-state index contributed by atoms with van der Waals surface area (Å²) >= 11 is 0. The lowest BCUT2D eigenvalue weighted by Gasteiger charge is -2.19. The molecule has 0 bridgehead atoms. The Morgan fingerprint density at radius 2 is 2.38 bits per heavy atom. The van der Waals surface area contributed by atoms with Gasteiger partial charge in [-0.05, 0) is 13.3 Å². The van der Waals surface area contributed by atoms with Crippen LogP contribution in [0.15, 0.2) is 10.9 Å². The summed E-state index contributed by atoms with van der Waals surface area (Å²) in [5, 5.41) is 7.48. The highest BCUT2D eigenvalue weighted by atomic mass is 16.5. The van der Waals surface area contributed by atoms with Gasteiger partial charge >= 0.3 is 0 Å². The lowest BCUT2D eigenvalue weighted by molar-refractivity contribution is 0.0477. The maximum atomic E-state index is 5.69. The molecule has 2 N–H and O–H groups in total. The van der Waals surface area contributed by atoms with E-state index < -0.39 is 0 Å². The van der Waals surface area contributed by atoms with Crippen molar-refractivity contribution >= 4 is 0 Å². The van der Waals surface area contributed by atoms with Gasteiger partial charge in [0.05, 0.1) is 23.8 Å². The summed E-state index contributed by atoms with van der Waals surface area (Å²) in [6.07, 6.45) is 4.32. The lowest BCUT2D eigenvalue weighted by atomic mass is 10.1. The summed E-state index contributed by atoms with van der Waals surface area (Å²) in [5.41, 5.74) is 2.19. The number of hydrogen-bond acceptors (Lipinski definition) is 6. The standard InChI is InChI=1S/C14H21N5O2/c1-3-5-12(20-4-2)13-18-14(21-19-13)10-6-9-11(7-15-10)17-8-16-9/h8,10,12,15H,3-7H2,1-2H3,(H,16,17). The number of rotatable bonds is 6. The predicted molar refractivity (Wildman–Crippen MR) is 75.4 cm³/mol. The van der Waals surface area contributed by atoms with Crippen molar-refractivity contribution in [2.75, 3.05) is 6.61 Å². The average Bonchev–Trinajstić information content (AvgIpc) is 3.15. The molecule has 7 nitrogen and oxygen atoms in total. The Balaban J connectivity index is 1.73. The Morgan fingerprint density at radius 3 is 3.19 bits per heavy atom. The van der Waals surface area contributed by atoms with Crippen molar-refractivity contribution in [3.63, 3.8) is 0 Å². The van der Waals surface area contributed by atoms with Gasteiger partial charge < -0.3 is 14.2 Å². The lowest BCUT2D eigenvalue weighted by Crippen LogP contribution is -2.28. The number of imidazole rings is 1. The molecule has 1 aliphatic rings. The Bertz CT molecular complexity index is 573. The zero-order valence-corrected chi connectivity index (χ0v) is 12.4. The first-order chi connectivity index (χ1) is 10.3. The fourth-order valence-corrected chi connectivity index (χ4v) is 2.61. The van der Waals surface area contributed by atoms with Gasteiger partial charge in [0.25, 0.3) is 0 Å². The number of H-pyrrole nitrogens is 1. The highest BCUT2D eigenvalue weighted by molar-refractivity contribution is 5.17. The minimum Gasteiger partial charge on any atom is -0.370 e. The van der Waals surface area contributed by atoms with E-state index in [1.165, 1.54) is 0 Å². The smallest absolute Gasteiger partial charge is 0.244 e. The fraction of sp³-hybridized carbons (Fsp3) is 0.643. The second-order valence-electron chi connectivity index (χ2n) is 5.19. The van der Waals surface area contributed by atoms with Crippen LogP contribution >= 0.6 is 0 Å². The van der Waals surface area contributed by atoms with Gasteiger partial charge in [-0.2, -0.15) is 4.98 Å². The van der Waals surface area contributed by atoms with E-state index >= 15 is 0 Å². The third-order valence-electron chi connectivity index (χ3n) is 3.69. The number of aromatic nitrogens is 4. The molecule has 3 heterocycles. The first-order valence-corrected chi connectivity index (χ1v) is 7.51. The zero-order valence-electron chi connectivity index (χ0n) is 12.4. The van der Waals surface area contributed by atoms with E-state index in [0.29, 0.717) is 18.3 Å². The van der Waals surface area contributed by atoms with Gasteiger partial charge in [0.1, 0.15) is 6.10 Å². The van der Waals surface area contributed by atoms with Gasteiger partial charge in [-0.3, -0.25) is 5.32 Å². The largest absolute Gasteiger partial charge is 0.370 e. The molecular formula is C14H21N5O2. The molecule has 0 amide bonds. The molecule has 0 aromatic carbocycles. The summed E-state index contributed by atoms with van der Waals surface area (Å²) in [7, 11) is 0. The summed E-state index contributed by atoms with van der Waals surface area (Å²) < 4.78 is 11.1. The summed E-state index contributed by atoms with van der Waals surface area (Å²) in [5.74, 6) is 1.25. The van der Waals surface area contributed by atoms with E-state index in [1.54, 1.807) is 6.33 Å². The molecule has 2 aromatic rings. The van der Waals surface area contributed by atoms with E-state index in [9.17, 15) is 0 Å². The van der Waals surface area contributed by atoms with Gasteiger partial charge in [0, 0.05) is 19.6 Å². The number of ether oxygens (including phenoxy) is 1. The van der Waals surface area contributed by atoms with Gasteiger partial charge in [-0.25, -0.2) is 4.98 Å². The zero-order chi connectivity index (χ0) is 14.7. The van der Waals surface area contributed by atoms with Crippen molar-refractivity contribution in [2.45, 2.75) is 51.8 Å². The first-order valence-electron chi connectivity index (χ1n) is 7.51. The molecule has 1 aliphatic heterocycles. The Labute approximate surface area is 123 Å². The molecule has 0 radical (unpaired) electrons. The Morgan fingerprint density at radius 1 is 1.48 bits per heavy atom. The molecule has 3 rings (SSSR count). The summed E-state index contributed by atoms with van der Waals surface area (Å²) in [4.78, 5) is 12.0. The first kappa shape index (κ1) is 14.2. The maximum Gasteiger partial charge on any atom is 0.244 e. The van der Waals surface area contributed by atoms with E-state index in [-0.39, 0.29) is 12.1 Å². The van der Waals surface area contributed by atoms with Gasteiger partial charge in [0.2, 0.25) is 11.7 Å². The second kappa shape index (κ2) is 6.36. The topological polar surface area (TPSA) is 88.9 Å².